The molecule has 0 bridgehead atoms. The average molecular weight is 269 g/mol. The highest BCUT2D eigenvalue weighted by atomic mass is 32.2. The Bertz CT molecular complexity index is 787. The number of hydrogen-bond donors (Lipinski definition) is 0. The predicted molar refractivity (Wildman–Crippen MR) is 74.0 cm³/mol. The molecule has 0 saturated heterocycles. The highest BCUT2D eigenvalue weighted by molar-refractivity contribution is 7.99. The first-order valence-corrected chi connectivity index (χ1v) is 6.90. The van der Waals surface area contributed by atoms with Gasteiger partial charge in [-0.15, -0.1) is 5.10 Å². The van der Waals surface area contributed by atoms with Crippen LogP contribution in [0.4, 0.5) is 0 Å². The number of rotatable bonds is 3. The molecule has 0 aliphatic carbocycles. The van der Waals surface area contributed by atoms with Crippen LogP contribution < -0.4 is 0 Å². The molecule has 0 spiro atoms. The highest BCUT2D eigenvalue weighted by Gasteiger charge is 2.11. The number of aromatic nitrogens is 4. The summed E-state index contributed by atoms with van der Waals surface area (Å²) < 4.78 is 1.76. The van der Waals surface area contributed by atoms with E-state index in [4.69, 9.17) is 5.26 Å². The molecule has 0 N–H and O–H groups in total. The van der Waals surface area contributed by atoms with Crippen LogP contribution in [0.3, 0.4) is 0 Å². The Morgan fingerprint density at radius 2 is 2.16 bits per heavy atom. The van der Waals surface area contributed by atoms with Crippen LogP contribution in [0.5, 0.6) is 0 Å². The predicted octanol–water partition coefficient (Wildman–Crippen LogP) is 2.59. The van der Waals surface area contributed by atoms with Crippen LogP contribution >= 0.6 is 11.8 Å². The van der Waals surface area contributed by atoms with Gasteiger partial charge in [-0.1, -0.05) is 23.9 Å². The minimum atomic E-state index is 0.494. The number of benzene rings is 1. The van der Waals surface area contributed by atoms with Gasteiger partial charge in [0.05, 0.1) is 11.6 Å². The van der Waals surface area contributed by atoms with Crippen LogP contribution in [0.15, 0.2) is 29.4 Å². The van der Waals surface area contributed by atoms with E-state index in [1.165, 1.54) is 11.8 Å². The van der Waals surface area contributed by atoms with Crippen molar-refractivity contribution in [3.63, 3.8) is 0 Å². The maximum Gasteiger partial charge on any atom is 0.191 e. The van der Waals surface area contributed by atoms with Crippen LogP contribution in [0.25, 0.3) is 16.6 Å². The second kappa shape index (κ2) is 4.86. The summed E-state index contributed by atoms with van der Waals surface area (Å²) in [7, 11) is 0. The van der Waals surface area contributed by atoms with Crippen molar-refractivity contribution in [2.24, 2.45) is 0 Å². The Morgan fingerprint density at radius 3 is 3.00 bits per heavy atom. The number of thioether (sulfide) groups is 1. The minimum Gasteiger partial charge on any atom is -0.222 e. The van der Waals surface area contributed by atoms with E-state index in [9.17, 15) is 0 Å². The molecule has 5 nitrogen and oxygen atoms in total. The van der Waals surface area contributed by atoms with Crippen LogP contribution in [-0.2, 0) is 0 Å². The lowest BCUT2D eigenvalue weighted by molar-refractivity contribution is 0.797. The van der Waals surface area contributed by atoms with E-state index in [1.54, 1.807) is 4.52 Å². The van der Waals surface area contributed by atoms with Crippen LogP contribution in [0, 0.1) is 18.3 Å². The van der Waals surface area contributed by atoms with Crippen LogP contribution in [0.2, 0.25) is 0 Å². The third-order valence-corrected chi connectivity index (χ3v) is 3.63. The molecule has 0 saturated carbocycles. The maximum absolute atomic E-state index is 8.61. The van der Waals surface area contributed by atoms with Gasteiger partial charge in [-0.3, -0.25) is 0 Å². The Labute approximate surface area is 114 Å². The van der Waals surface area contributed by atoms with E-state index in [1.807, 2.05) is 31.2 Å². The van der Waals surface area contributed by atoms with E-state index in [2.05, 4.69) is 21.1 Å². The molecule has 0 atom stereocenters. The van der Waals surface area contributed by atoms with Crippen molar-refractivity contribution in [3.8, 4) is 6.07 Å². The van der Waals surface area contributed by atoms with E-state index in [0.717, 1.165) is 27.5 Å². The van der Waals surface area contributed by atoms with Gasteiger partial charge in [-0.25, -0.2) is 9.97 Å². The molecule has 0 aliphatic rings. The number of nitrogens with zero attached hydrogens (tertiary/aromatic N) is 5. The molecule has 0 aliphatic heterocycles. The van der Waals surface area contributed by atoms with Crippen molar-refractivity contribution < 1.29 is 0 Å². The zero-order valence-electron chi connectivity index (χ0n) is 10.4. The number of fused-ring (bicyclic) bond motifs is 3. The van der Waals surface area contributed by atoms with E-state index < -0.39 is 0 Å². The summed E-state index contributed by atoms with van der Waals surface area (Å²) in [6.07, 6.45) is 0.494. The third kappa shape index (κ3) is 2.13. The SMILES string of the molecule is Cc1nc2c3ccccc3nc(SCCC#N)n2n1. The Morgan fingerprint density at radius 1 is 1.32 bits per heavy atom. The first-order valence-electron chi connectivity index (χ1n) is 5.91. The molecule has 3 aromatic rings. The van der Waals surface area contributed by atoms with Gasteiger partial charge in [0, 0.05) is 17.6 Å². The Balaban J connectivity index is 2.21. The van der Waals surface area contributed by atoms with Gasteiger partial charge >= 0.3 is 0 Å². The van der Waals surface area contributed by atoms with Crippen molar-refractivity contribution in [2.45, 2.75) is 18.5 Å². The number of para-hydroxylation sites is 1. The van der Waals surface area contributed by atoms with Gasteiger partial charge < -0.3 is 0 Å². The molecule has 3 rings (SSSR count). The van der Waals surface area contributed by atoms with Crippen LogP contribution in [0.1, 0.15) is 12.2 Å². The largest absolute Gasteiger partial charge is 0.222 e. The van der Waals surface area contributed by atoms with E-state index in [-0.39, 0.29) is 0 Å². The lowest BCUT2D eigenvalue weighted by Gasteiger charge is -2.04. The topological polar surface area (TPSA) is 66.9 Å². The molecule has 94 valence electrons. The maximum atomic E-state index is 8.61. The number of aryl methyl sites for hydroxylation is 1. The van der Waals surface area contributed by atoms with Crippen LogP contribution in [-0.4, -0.2) is 25.3 Å². The van der Waals surface area contributed by atoms with E-state index in [0.29, 0.717) is 12.2 Å². The zero-order chi connectivity index (χ0) is 13.2. The summed E-state index contributed by atoms with van der Waals surface area (Å²) >= 11 is 1.53. The van der Waals surface area contributed by atoms with Crippen molar-refractivity contribution in [1.29, 1.82) is 5.26 Å². The van der Waals surface area contributed by atoms with Gasteiger partial charge in [-0.2, -0.15) is 9.78 Å². The summed E-state index contributed by atoms with van der Waals surface area (Å²) in [4.78, 5) is 9.07. The molecular weight excluding hydrogens is 258 g/mol. The first-order chi connectivity index (χ1) is 9.29. The smallest absolute Gasteiger partial charge is 0.191 e. The molecule has 0 fully saturated rings. The fourth-order valence-corrected chi connectivity index (χ4v) is 2.70. The molecule has 2 aromatic heterocycles. The lowest BCUT2D eigenvalue weighted by Crippen LogP contribution is -1.98. The van der Waals surface area contributed by atoms with Crippen molar-refractivity contribution in [3.05, 3.63) is 30.1 Å². The molecule has 1 aromatic carbocycles. The Kier molecular flexibility index (Phi) is 3.05. The van der Waals surface area contributed by atoms with Gasteiger partial charge in [0.2, 0.25) is 0 Å². The molecule has 0 amide bonds. The number of hydrogen-bond acceptors (Lipinski definition) is 5. The second-order valence-corrected chi connectivity index (χ2v) is 5.12. The summed E-state index contributed by atoms with van der Waals surface area (Å²) in [6.45, 7) is 1.87. The van der Waals surface area contributed by atoms with Gasteiger partial charge in [-0.05, 0) is 19.1 Å². The minimum absolute atomic E-state index is 0.494. The molecule has 2 heterocycles. The van der Waals surface area contributed by atoms with Gasteiger partial charge in [0.15, 0.2) is 10.8 Å². The number of nitriles is 1. The fraction of sp³-hybridized carbons (Fsp3) is 0.231. The lowest BCUT2D eigenvalue weighted by atomic mass is 10.2. The molecule has 0 unspecified atom stereocenters. The summed E-state index contributed by atoms with van der Waals surface area (Å²) in [5, 5.41) is 14.8. The quantitative estimate of drug-likeness (QED) is 0.415. The van der Waals surface area contributed by atoms with Gasteiger partial charge in [0.25, 0.3) is 0 Å². The first kappa shape index (κ1) is 11.9. The second-order valence-electron chi connectivity index (χ2n) is 4.06. The standard InChI is InChI=1S/C13H11N5S/c1-9-15-12-10-5-2-3-6-11(10)16-13(18(12)17-9)19-8-4-7-14/h2-3,5-6H,4,8H2,1H3. The molecule has 6 heteroatoms. The van der Waals surface area contributed by atoms with Crippen molar-refractivity contribution >= 4 is 28.3 Å². The molecule has 0 radical (unpaired) electrons. The average Bonchev–Trinajstić information content (AvgIpc) is 2.81. The normalized spacial score (nSPS) is 10.9. The summed E-state index contributed by atoms with van der Waals surface area (Å²) in [5.41, 5.74) is 1.73. The van der Waals surface area contributed by atoms with E-state index >= 15 is 0 Å². The fourth-order valence-electron chi connectivity index (χ4n) is 1.91. The molecular formula is C13H11N5S. The molecule has 19 heavy (non-hydrogen) atoms. The highest BCUT2D eigenvalue weighted by Crippen LogP contribution is 2.23. The summed E-state index contributed by atoms with van der Waals surface area (Å²) in [6, 6.07) is 10.0. The van der Waals surface area contributed by atoms with Crippen molar-refractivity contribution in [1.82, 2.24) is 19.6 Å². The van der Waals surface area contributed by atoms with Crippen molar-refractivity contribution in [2.75, 3.05) is 5.75 Å². The monoisotopic (exact) mass is 269 g/mol. The summed E-state index contributed by atoms with van der Waals surface area (Å²) in [5.74, 6) is 1.43. The van der Waals surface area contributed by atoms with Gasteiger partial charge in [0.1, 0.15) is 5.82 Å². The third-order valence-electron chi connectivity index (χ3n) is 2.70. The Hall–Kier alpha value is -2.13. The zero-order valence-corrected chi connectivity index (χ0v) is 11.2.